The van der Waals surface area contributed by atoms with Gasteiger partial charge in [0.2, 0.25) is 11.8 Å². The van der Waals surface area contributed by atoms with Crippen molar-refractivity contribution in [1.82, 2.24) is 25.5 Å². The second kappa shape index (κ2) is 9.70. The van der Waals surface area contributed by atoms with Crippen molar-refractivity contribution in [1.29, 1.82) is 0 Å². The molecule has 10 nitrogen and oxygen atoms in total. The summed E-state index contributed by atoms with van der Waals surface area (Å²) in [5.41, 5.74) is 1.94. The Labute approximate surface area is 179 Å². The predicted molar refractivity (Wildman–Crippen MR) is 113 cm³/mol. The first kappa shape index (κ1) is 21.8. The van der Waals surface area contributed by atoms with Crippen LogP contribution < -0.4 is 20.1 Å². The Morgan fingerprint density at radius 1 is 1.10 bits per heavy atom. The summed E-state index contributed by atoms with van der Waals surface area (Å²) in [5, 5.41) is 17.2. The third-order valence-electron chi connectivity index (χ3n) is 4.60. The number of hydrogen-bond acceptors (Lipinski definition) is 7. The number of tetrazole rings is 1. The normalized spacial score (nSPS) is 11.5. The van der Waals surface area contributed by atoms with Crippen LogP contribution in [0.15, 0.2) is 42.5 Å². The van der Waals surface area contributed by atoms with Gasteiger partial charge in [0, 0.05) is 12.6 Å². The monoisotopic (exact) mass is 424 g/mol. The highest BCUT2D eigenvalue weighted by molar-refractivity contribution is 5.92. The lowest BCUT2D eigenvalue weighted by molar-refractivity contribution is -0.120. The summed E-state index contributed by atoms with van der Waals surface area (Å²) in [6.45, 7) is 3.18. The summed E-state index contributed by atoms with van der Waals surface area (Å²) in [6, 6.07) is 11.9. The highest BCUT2D eigenvalue weighted by Gasteiger charge is 2.18. The Hall–Kier alpha value is -3.95. The fourth-order valence-electron chi connectivity index (χ4n) is 3.12. The van der Waals surface area contributed by atoms with E-state index in [9.17, 15) is 9.59 Å². The number of hydrogen-bond donors (Lipinski definition) is 2. The predicted octanol–water partition coefficient (Wildman–Crippen LogP) is 2.19. The number of rotatable bonds is 8. The number of nitrogens with one attached hydrogen (secondary N) is 2. The molecule has 0 aliphatic rings. The molecule has 0 aliphatic heterocycles. The summed E-state index contributed by atoms with van der Waals surface area (Å²) in [6.07, 6.45) is 0.0528. The van der Waals surface area contributed by atoms with Gasteiger partial charge in [0.05, 0.1) is 26.7 Å². The van der Waals surface area contributed by atoms with Gasteiger partial charge in [-0.15, -0.1) is 5.10 Å². The number of benzene rings is 2. The van der Waals surface area contributed by atoms with Crippen molar-refractivity contribution in [3.05, 3.63) is 53.9 Å². The minimum atomic E-state index is -0.483. The molecule has 1 atom stereocenters. The summed E-state index contributed by atoms with van der Waals surface area (Å²) < 4.78 is 12.1. The maximum atomic E-state index is 12.8. The first-order valence-electron chi connectivity index (χ1n) is 9.55. The van der Waals surface area contributed by atoms with Gasteiger partial charge in [-0.3, -0.25) is 9.59 Å². The Balaban J connectivity index is 1.79. The third kappa shape index (κ3) is 5.35. The van der Waals surface area contributed by atoms with Crippen LogP contribution in [-0.2, 0) is 9.59 Å². The van der Waals surface area contributed by atoms with Crippen molar-refractivity contribution >= 4 is 17.5 Å². The van der Waals surface area contributed by atoms with Crippen molar-refractivity contribution < 1.29 is 19.1 Å². The highest BCUT2D eigenvalue weighted by Crippen LogP contribution is 2.27. The minimum Gasteiger partial charge on any atom is -0.497 e. The molecular formula is C21H24N6O4. The molecule has 3 rings (SSSR count). The number of ether oxygens (including phenoxy) is 2. The third-order valence-corrected chi connectivity index (χ3v) is 4.60. The Morgan fingerprint density at radius 2 is 1.84 bits per heavy atom. The lowest BCUT2D eigenvalue weighted by atomic mass is 10.0. The van der Waals surface area contributed by atoms with E-state index in [1.165, 1.54) is 11.6 Å². The SMILES string of the molecule is COc1ccc(C(CC(=O)Nc2ccc(OC)c(-n3nnnc3C)c2)NC(C)=O)cc1. The topological polar surface area (TPSA) is 120 Å². The molecule has 0 spiro atoms. The maximum Gasteiger partial charge on any atom is 0.226 e. The van der Waals surface area contributed by atoms with Gasteiger partial charge in [-0.1, -0.05) is 12.1 Å². The molecule has 0 aliphatic carbocycles. The van der Waals surface area contributed by atoms with E-state index < -0.39 is 6.04 Å². The smallest absolute Gasteiger partial charge is 0.226 e. The number of nitrogens with zero attached hydrogens (tertiary/aromatic N) is 4. The molecule has 0 fully saturated rings. The molecule has 10 heteroatoms. The van der Waals surface area contributed by atoms with Crippen LogP contribution in [0.5, 0.6) is 11.5 Å². The quantitative estimate of drug-likeness (QED) is 0.569. The van der Waals surface area contributed by atoms with Crippen LogP contribution >= 0.6 is 0 Å². The van der Waals surface area contributed by atoms with Crippen LogP contribution in [0, 0.1) is 6.92 Å². The van der Waals surface area contributed by atoms with E-state index in [1.807, 2.05) is 12.1 Å². The van der Waals surface area contributed by atoms with E-state index >= 15 is 0 Å². The zero-order chi connectivity index (χ0) is 22.4. The van der Waals surface area contributed by atoms with Crippen LogP contribution in [0.1, 0.15) is 30.8 Å². The van der Waals surface area contributed by atoms with E-state index in [-0.39, 0.29) is 18.2 Å². The zero-order valence-corrected chi connectivity index (χ0v) is 17.7. The first-order chi connectivity index (χ1) is 14.9. The van der Waals surface area contributed by atoms with E-state index in [2.05, 4.69) is 26.2 Å². The standard InChI is InChI=1S/C21H24N6O4/c1-13-24-25-26-27(13)19-11-16(7-10-20(19)31-4)23-21(29)12-18(22-14(2)28)15-5-8-17(30-3)9-6-15/h5-11,18H,12H2,1-4H3,(H,22,28)(H,23,29). The summed E-state index contributed by atoms with van der Waals surface area (Å²) >= 11 is 0. The number of methoxy groups -OCH3 is 2. The van der Waals surface area contributed by atoms with Gasteiger partial charge in [0.1, 0.15) is 17.2 Å². The van der Waals surface area contributed by atoms with Crippen molar-refractivity contribution in [3.63, 3.8) is 0 Å². The van der Waals surface area contributed by atoms with Gasteiger partial charge in [0.25, 0.3) is 0 Å². The molecule has 2 aromatic carbocycles. The van der Waals surface area contributed by atoms with Crippen LogP contribution in [-0.4, -0.2) is 46.2 Å². The molecule has 3 aromatic rings. The number of amides is 2. The molecule has 0 saturated heterocycles. The molecule has 2 amide bonds. The number of aromatic nitrogens is 4. The van der Waals surface area contributed by atoms with Crippen molar-refractivity contribution in [3.8, 4) is 17.2 Å². The molecule has 0 saturated carbocycles. The van der Waals surface area contributed by atoms with Crippen molar-refractivity contribution in [2.45, 2.75) is 26.3 Å². The van der Waals surface area contributed by atoms with Gasteiger partial charge in [0.15, 0.2) is 5.82 Å². The molecule has 2 N–H and O–H groups in total. The molecule has 162 valence electrons. The average Bonchev–Trinajstić information content (AvgIpc) is 3.18. The molecule has 1 unspecified atom stereocenters. The van der Waals surface area contributed by atoms with Gasteiger partial charge in [-0.2, -0.15) is 4.68 Å². The van der Waals surface area contributed by atoms with E-state index in [0.717, 1.165) is 5.56 Å². The van der Waals surface area contributed by atoms with Crippen LogP contribution in [0.3, 0.4) is 0 Å². The summed E-state index contributed by atoms with van der Waals surface area (Å²) in [4.78, 5) is 24.4. The molecule has 1 heterocycles. The van der Waals surface area contributed by atoms with Gasteiger partial charge < -0.3 is 20.1 Å². The number of carbonyl (C=O) groups excluding carboxylic acids is 2. The first-order valence-corrected chi connectivity index (χ1v) is 9.55. The second-order valence-electron chi connectivity index (χ2n) is 6.80. The Bertz CT molecular complexity index is 1060. The Morgan fingerprint density at radius 3 is 2.42 bits per heavy atom. The fourth-order valence-corrected chi connectivity index (χ4v) is 3.12. The lowest BCUT2D eigenvalue weighted by Crippen LogP contribution is -2.29. The largest absolute Gasteiger partial charge is 0.497 e. The lowest BCUT2D eigenvalue weighted by Gasteiger charge is -2.19. The fraction of sp³-hybridized carbons (Fsp3) is 0.286. The van der Waals surface area contributed by atoms with Gasteiger partial charge in [-0.05, 0) is 53.2 Å². The Kier molecular flexibility index (Phi) is 6.81. The molecular weight excluding hydrogens is 400 g/mol. The van der Waals surface area contributed by atoms with E-state index in [1.54, 1.807) is 51.5 Å². The van der Waals surface area contributed by atoms with Crippen molar-refractivity contribution in [2.24, 2.45) is 0 Å². The van der Waals surface area contributed by atoms with Gasteiger partial charge in [-0.25, -0.2) is 0 Å². The minimum absolute atomic E-state index is 0.0528. The summed E-state index contributed by atoms with van der Waals surface area (Å²) in [7, 11) is 3.12. The molecule has 0 radical (unpaired) electrons. The van der Waals surface area contributed by atoms with Gasteiger partial charge >= 0.3 is 0 Å². The van der Waals surface area contributed by atoms with Crippen LogP contribution in [0.4, 0.5) is 5.69 Å². The van der Waals surface area contributed by atoms with E-state index in [0.29, 0.717) is 28.7 Å². The van der Waals surface area contributed by atoms with Crippen LogP contribution in [0.2, 0.25) is 0 Å². The molecule has 1 aromatic heterocycles. The zero-order valence-electron chi connectivity index (χ0n) is 17.7. The second-order valence-corrected chi connectivity index (χ2v) is 6.80. The molecule has 31 heavy (non-hydrogen) atoms. The maximum absolute atomic E-state index is 12.8. The number of carbonyl (C=O) groups is 2. The van der Waals surface area contributed by atoms with E-state index in [4.69, 9.17) is 9.47 Å². The average molecular weight is 424 g/mol. The van der Waals surface area contributed by atoms with Crippen molar-refractivity contribution in [2.75, 3.05) is 19.5 Å². The number of anilines is 1. The van der Waals surface area contributed by atoms with Crippen LogP contribution in [0.25, 0.3) is 5.69 Å². The molecule has 0 bridgehead atoms. The number of aryl methyl sites for hydroxylation is 1. The highest BCUT2D eigenvalue weighted by atomic mass is 16.5. The summed E-state index contributed by atoms with van der Waals surface area (Å²) in [5.74, 6) is 1.34.